The normalized spacial score (nSPS) is 12.4. The molecule has 15 heavy (non-hydrogen) atoms. The number of hydrogen-bond donors (Lipinski definition) is 2. The van der Waals surface area contributed by atoms with E-state index in [0.717, 1.165) is 17.1 Å². The number of aromatic nitrogens is 1. The minimum absolute atomic E-state index is 0.0857. The van der Waals surface area contributed by atoms with Gasteiger partial charge in [0.05, 0.1) is 18.1 Å². The Bertz CT molecular complexity index is 290. The summed E-state index contributed by atoms with van der Waals surface area (Å²) in [6.45, 7) is 0.524. The highest BCUT2D eigenvalue weighted by Gasteiger charge is 2.12. The first-order valence-electron chi connectivity index (χ1n) is 4.63. The van der Waals surface area contributed by atoms with Gasteiger partial charge in [0.15, 0.2) is 0 Å². The van der Waals surface area contributed by atoms with Crippen LogP contribution in [0.15, 0.2) is 11.7 Å². The van der Waals surface area contributed by atoms with Crippen LogP contribution in [0.4, 0.5) is 0 Å². The Labute approximate surface area is 97.7 Å². The van der Waals surface area contributed by atoms with Crippen LogP contribution in [-0.4, -0.2) is 28.9 Å². The van der Waals surface area contributed by atoms with Crippen molar-refractivity contribution >= 4 is 29.0 Å². The number of thiazole rings is 1. The van der Waals surface area contributed by atoms with E-state index in [-0.39, 0.29) is 5.91 Å². The molecule has 1 rings (SSSR count). The first-order valence-corrected chi connectivity index (χ1v) is 6.91. The molecule has 0 fully saturated rings. The van der Waals surface area contributed by atoms with Crippen molar-refractivity contribution in [3.63, 3.8) is 0 Å². The molecule has 6 heteroatoms. The zero-order chi connectivity index (χ0) is 11.1. The number of rotatable bonds is 6. The van der Waals surface area contributed by atoms with E-state index in [1.165, 1.54) is 11.3 Å². The van der Waals surface area contributed by atoms with E-state index in [9.17, 15) is 4.79 Å². The van der Waals surface area contributed by atoms with Gasteiger partial charge in [-0.1, -0.05) is 0 Å². The molecule has 0 aliphatic carbocycles. The van der Waals surface area contributed by atoms with Crippen molar-refractivity contribution in [3.8, 4) is 0 Å². The molecular weight excluding hydrogens is 230 g/mol. The first-order chi connectivity index (χ1) is 7.24. The maximum Gasteiger partial charge on any atom is 0.237 e. The summed E-state index contributed by atoms with van der Waals surface area (Å²) in [6, 6.07) is -0.398. The number of nitrogens with one attached hydrogen (secondary N) is 1. The molecule has 1 heterocycles. The number of hydrogen-bond acceptors (Lipinski definition) is 5. The minimum Gasteiger partial charge on any atom is -0.350 e. The average molecular weight is 245 g/mol. The molecule has 0 unspecified atom stereocenters. The smallest absolute Gasteiger partial charge is 0.237 e. The zero-order valence-electron chi connectivity index (χ0n) is 8.60. The van der Waals surface area contributed by atoms with Crippen LogP contribution in [0, 0.1) is 0 Å². The van der Waals surface area contributed by atoms with Gasteiger partial charge in [0, 0.05) is 11.1 Å². The van der Waals surface area contributed by atoms with Gasteiger partial charge >= 0.3 is 0 Å². The summed E-state index contributed by atoms with van der Waals surface area (Å²) >= 11 is 3.22. The van der Waals surface area contributed by atoms with Crippen LogP contribution < -0.4 is 11.1 Å². The maximum atomic E-state index is 11.5. The summed E-state index contributed by atoms with van der Waals surface area (Å²) in [5.74, 6) is 0.826. The molecule has 0 spiro atoms. The maximum absolute atomic E-state index is 11.5. The van der Waals surface area contributed by atoms with E-state index >= 15 is 0 Å². The molecule has 84 valence electrons. The third kappa shape index (κ3) is 4.63. The van der Waals surface area contributed by atoms with Crippen molar-refractivity contribution in [2.75, 3.05) is 12.0 Å². The standard InChI is InChI=1S/C9H15N3OS2/c1-14-3-2-8(10)9(13)12-5-7-4-11-6-15-7/h4,6,8H,2-3,5,10H2,1H3,(H,12,13)/t8-/m1/s1. The second-order valence-electron chi connectivity index (χ2n) is 3.07. The topological polar surface area (TPSA) is 68.0 Å². The molecule has 1 aromatic rings. The van der Waals surface area contributed by atoms with Crippen molar-refractivity contribution < 1.29 is 4.79 Å². The fourth-order valence-corrected chi connectivity index (χ4v) is 2.03. The molecule has 1 aromatic heterocycles. The molecule has 1 atom stereocenters. The van der Waals surface area contributed by atoms with Crippen molar-refractivity contribution in [1.82, 2.24) is 10.3 Å². The van der Waals surface area contributed by atoms with Crippen LogP contribution in [0.1, 0.15) is 11.3 Å². The van der Waals surface area contributed by atoms with Crippen LogP contribution in [0.2, 0.25) is 0 Å². The quantitative estimate of drug-likeness (QED) is 0.779. The number of thioether (sulfide) groups is 1. The largest absolute Gasteiger partial charge is 0.350 e. The van der Waals surface area contributed by atoms with Gasteiger partial charge in [0.1, 0.15) is 0 Å². The number of amides is 1. The second kappa shape index (κ2) is 6.81. The third-order valence-corrected chi connectivity index (χ3v) is 3.31. The summed E-state index contributed by atoms with van der Waals surface area (Å²) in [5, 5.41) is 2.79. The summed E-state index contributed by atoms with van der Waals surface area (Å²) in [4.78, 5) is 16.5. The van der Waals surface area contributed by atoms with Crippen LogP contribution >= 0.6 is 23.1 Å². The van der Waals surface area contributed by atoms with Gasteiger partial charge in [-0.25, -0.2) is 0 Å². The van der Waals surface area contributed by atoms with Gasteiger partial charge < -0.3 is 11.1 Å². The van der Waals surface area contributed by atoms with Crippen molar-refractivity contribution in [3.05, 3.63) is 16.6 Å². The van der Waals surface area contributed by atoms with Gasteiger partial charge in [0.2, 0.25) is 5.91 Å². The second-order valence-corrected chi connectivity index (χ2v) is 5.03. The Hall–Kier alpha value is -0.590. The molecular formula is C9H15N3OS2. The summed E-state index contributed by atoms with van der Waals surface area (Å²) < 4.78 is 0. The highest BCUT2D eigenvalue weighted by Crippen LogP contribution is 2.04. The number of nitrogens with zero attached hydrogens (tertiary/aromatic N) is 1. The van der Waals surface area contributed by atoms with Gasteiger partial charge in [0.25, 0.3) is 0 Å². The molecule has 0 aliphatic heterocycles. The summed E-state index contributed by atoms with van der Waals surface area (Å²) in [5.41, 5.74) is 7.45. The lowest BCUT2D eigenvalue weighted by atomic mass is 10.2. The van der Waals surface area contributed by atoms with Crippen LogP contribution in [0.25, 0.3) is 0 Å². The Kier molecular flexibility index (Phi) is 5.67. The predicted molar refractivity (Wildman–Crippen MR) is 64.9 cm³/mol. The molecule has 0 saturated carbocycles. The number of nitrogens with two attached hydrogens (primary N) is 1. The van der Waals surface area contributed by atoms with Gasteiger partial charge in [-0.05, 0) is 18.4 Å². The molecule has 0 radical (unpaired) electrons. The summed E-state index contributed by atoms with van der Waals surface area (Å²) in [6.07, 6.45) is 4.47. The third-order valence-electron chi connectivity index (χ3n) is 1.89. The van der Waals surface area contributed by atoms with E-state index in [1.54, 1.807) is 23.5 Å². The lowest BCUT2D eigenvalue weighted by molar-refractivity contribution is -0.122. The van der Waals surface area contributed by atoms with Crippen LogP contribution in [0.3, 0.4) is 0 Å². The average Bonchev–Trinajstić information content (AvgIpc) is 2.75. The molecule has 3 N–H and O–H groups in total. The monoisotopic (exact) mass is 245 g/mol. The van der Waals surface area contributed by atoms with E-state index in [0.29, 0.717) is 6.54 Å². The first kappa shape index (κ1) is 12.5. The Morgan fingerprint density at radius 3 is 3.20 bits per heavy atom. The molecule has 0 aliphatic rings. The Balaban J connectivity index is 2.23. The zero-order valence-corrected chi connectivity index (χ0v) is 10.2. The highest BCUT2D eigenvalue weighted by atomic mass is 32.2. The molecule has 4 nitrogen and oxygen atoms in total. The number of carbonyl (C=O) groups is 1. The molecule has 0 bridgehead atoms. The van der Waals surface area contributed by atoms with E-state index in [2.05, 4.69) is 10.3 Å². The Morgan fingerprint density at radius 2 is 2.60 bits per heavy atom. The van der Waals surface area contributed by atoms with Crippen molar-refractivity contribution in [2.24, 2.45) is 5.73 Å². The van der Waals surface area contributed by atoms with E-state index < -0.39 is 6.04 Å². The SMILES string of the molecule is CSCC[C@@H](N)C(=O)NCc1cncs1. The lowest BCUT2D eigenvalue weighted by Gasteiger charge is -2.10. The van der Waals surface area contributed by atoms with Gasteiger partial charge in [-0.3, -0.25) is 9.78 Å². The van der Waals surface area contributed by atoms with Crippen LogP contribution in [0.5, 0.6) is 0 Å². The van der Waals surface area contributed by atoms with Crippen molar-refractivity contribution in [1.29, 1.82) is 0 Å². The highest BCUT2D eigenvalue weighted by molar-refractivity contribution is 7.98. The van der Waals surface area contributed by atoms with Gasteiger partial charge in [-0.15, -0.1) is 11.3 Å². The molecule has 0 aromatic carbocycles. The van der Waals surface area contributed by atoms with E-state index in [4.69, 9.17) is 5.73 Å². The molecule has 1 amide bonds. The van der Waals surface area contributed by atoms with E-state index in [1.807, 2.05) is 6.26 Å². The fraction of sp³-hybridized carbons (Fsp3) is 0.556. The van der Waals surface area contributed by atoms with Gasteiger partial charge in [-0.2, -0.15) is 11.8 Å². The summed E-state index contributed by atoms with van der Waals surface area (Å²) in [7, 11) is 0. The number of carbonyl (C=O) groups excluding carboxylic acids is 1. The molecule has 0 saturated heterocycles. The van der Waals surface area contributed by atoms with Crippen LogP contribution in [-0.2, 0) is 11.3 Å². The predicted octanol–water partition coefficient (Wildman–Crippen LogP) is 0.840. The fourth-order valence-electron chi connectivity index (χ4n) is 1.01. The Morgan fingerprint density at radius 1 is 1.80 bits per heavy atom. The minimum atomic E-state index is -0.398. The van der Waals surface area contributed by atoms with Crippen molar-refractivity contribution in [2.45, 2.75) is 19.0 Å². The lowest BCUT2D eigenvalue weighted by Crippen LogP contribution is -2.40.